The lowest BCUT2D eigenvalue weighted by atomic mass is 10.1. The molecule has 0 saturated heterocycles. The summed E-state index contributed by atoms with van der Waals surface area (Å²) < 4.78 is 6.30. The minimum Gasteiger partial charge on any atom is -0.411 e. The van der Waals surface area contributed by atoms with Gasteiger partial charge in [0.15, 0.2) is 8.32 Å². The Bertz CT molecular complexity index is 299. The van der Waals surface area contributed by atoms with Crippen molar-refractivity contribution in [3.05, 3.63) is 23.8 Å². The van der Waals surface area contributed by atoms with Crippen LogP contribution < -0.4 is 0 Å². The van der Waals surface area contributed by atoms with Crippen molar-refractivity contribution in [2.24, 2.45) is 0 Å². The predicted octanol–water partition coefficient (Wildman–Crippen LogP) is 5.84. The molecule has 0 aliphatic heterocycles. The van der Waals surface area contributed by atoms with Crippen molar-refractivity contribution in [1.82, 2.24) is 0 Å². The van der Waals surface area contributed by atoms with Gasteiger partial charge in [0.25, 0.3) is 0 Å². The molecular formula is C17H32OSi. The van der Waals surface area contributed by atoms with E-state index in [4.69, 9.17) is 4.43 Å². The summed E-state index contributed by atoms with van der Waals surface area (Å²) in [4.78, 5) is 0. The average molecular weight is 281 g/mol. The molecule has 0 aromatic carbocycles. The highest BCUT2D eigenvalue weighted by atomic mass is 28.4. The van der Waals surface area contributed by atoms with Crippen molar-refractivity contribution in [2.45, 2.75) is 84.0 Å². The first-order valence-electron chi connectivity index (χ1n) is 8.06. The number of hydrogen-bond donors (Lipinski definition) is 0. The zero-order valence-corrected chi connectivity index (χ0v) is 14.4. The number of allylic oxidation sites excluding steroid dienone is 3. The number of hydrogen-bond acceptors (Lipinski definition) is 1. The molecule has 0 N–H and O–H groups in total. The van der Waals surface area contributed by atoms with Crippen molar-refractivity contribution < 1.29 is 4.43 Å². The topological polar surface area (TPSA) is 9.23 Å². The van der Waals surface area contributed by atoms with Crippen LogP contribution in [0.5, 0.6) is 0 Å². The van der Waals surface area contributed by atoms with E-state index in [1.54, 1.807) is 0 Å². The van der Waals surface area contributed by atoms with Gasteiger partial charge >= 0.3 is 0 Å². The van der Waals surface area contributed by atoms with Crippen LogP contribution in [0.1, 0.15) is 58.3 Å². The highest BCUT2D eigenvalue weighted by Gasteiger charge is 2.19. The van der Waals surface area contributed by atoms with Crippen molar-refractivity contribution >= 4 is 8.32 Å². The molecule has 110 valence electrons. The second-order valence-electron chi connectivity index (χ2n) is 6.65. The van der Waals surface area contributed by atoms with Crippen LogP contribution in [0.4, 0.5) is 0 Å². The molecule has 2 heteroatoms. The Hall–Kier alpha value is -0.343. The Kier molecular flexibility index (Phi) is 7.70. The van der Waals surface area contributed by atoms with Gasteiger partial charge in [-0.3, -0.25) is 0 Å². The molecule has 0 aromatic heterocycles. The Balaban J connectivity index is 2.43. The summed E-state index contributed by atoms with van der Waals surface area (Å²) in [6, 6.07) is 0. The molecule has 0 saturated carbocycles. The van der Waals surface area contributed by atoms with Crippen LogP contribution in [0.2, 0.25) is 19.6 Å². The van der Waals surface area contributed by atoms with Gasteiger partial charge in [0, 0.05) is 0 Å². The normalized spacial score (nSPS) is 18.0. The molecule has 0 amide bonds. The second-order valence-corrected chi connectivity index (χ2v) is 11.1. The standard InChI is InChI=1S/C17H32OSi/c1-5-6-7-8-13-17(18-19(2,3)4)15-14-16-11-9-10-12-16/h11,14-15,17H,5-10,12-13H2,1-4H3. The van der Waals surface area contributed by atoms with Gasteiger partial charge in [-0.25, -0.2) is 0 Å². The maximum Gasteiger partial charge on any atom is 0.184 e. The molecule has 0 radical (unpaired) electrons. The van der Waals surface area contributed by atoms with Gasteiger partial charge in [0.2, 0.25) is 0 Å². The van der Waals surface area contributed by atoms with Gasteiger partial charge in [0.05, 0.1) is 6.10 Å². The van der Waals surface area contributed by atoms with Crippen LogP contribution in [-0.2, 0) is 4.43 Å². The highest BCUT2D eigenvalue weighted by Crippen LogP contribution is 2.21. The van der Waals surface area contributed by atoms with E-state index in [0.29, 0.717) is 6.10 Å². The lowest BCUT2D eigenvalue weighted by Gasteiger charge is -2.24. The molecule has 1 nitrogen and oxygen atoms in total. The summed E-state index contributed by atoms with van der Waals surface area (Å²) in [6.45, 7) is 9.13. The zero-order valence-electron chi connectivity index (χ0n) is 13.4. The summed E-state index contributed by atoms with van der Waals surface area (Å²) >= 11 is 0. The summed E-state index contributed by atoms with van der Waals surface area (Å²) in [5.41, 5.74) is 1.51. The van der Waals surface area contributed by atoms with E-state index in [1.807, 2.05) is 0 Å². The van der Waals surface area contributed by atoms with Crippen molar-refractivity contribution in [1.29, 1.82) is 0 Å². The first kappa shape index (κ1) is 16.7. The van der Waals surface area contributed by atoms with E-state index in [2.05, 4.69) is 44.8 Å². The van der Waals surface area contributed by atoms with Crippen LogP contribution >= 0.6 is 0 Å². The number of rotatable bonds is 9. The molecule has 1 rings (SSSR count). The van der Waals surface area contributed by atoms with Gasteiger partial charge in [-0.1, -0.05) is 56.4 Å². The Morgan fingerprint density at radius 2 is 2.05 bits per heavy atom. The molecule has 0 spiro atoms. The summed E-state index contributed by atoms with van der Waals surface area (Å²) in [7, 11) is -1.44. The van der Waals surface area contributed by atoms with Crippen molar-refractivity contribution in [3.8, 4) is 0 Å². The van der Waals surface area contributed by atoms with Gasteiger partial charge in [-0.05, 0) is 45.3 Å². The number of unbranched alkanes of at least 4 members (excludes halogenated alkanes) is 3. The third-order valence-electron chi connectivity index (χ3n) is 3.45. The van der Waals surface area contributed by atoms with Gasteiger partial charge in [0.1, 0.15) is 0 Å². The smallest absolute Gasteiger partial charge is 0.184 e. The molecule has 1 aliphatic carbocycles. The van der Waals surface area contributed by atoms with E-state index >= 15 is 0 Å². The maximum atomic E-state index is 6.30. The fraction of sp³-hybridized carbons (Fsp3) is 0.765. The summed E-state index contributed by atoms with van der Waals surface area (Å²) in [6.07, 6.45) is 17.7. The Morgan fingerprint density at radius 1 is 1.26 bits per heavy atom. The second kappa shape index (κ2) is 8.75. The molecule has 1 aliphatic rings. The lowest BCUT2D eigenvalue weighted by Crippen LogP contribution is -2.31. The van der Waals surface area contributed by atoms with Crippen LogP contribution in [0.3, 0.4) is 0 Å². The predicted molar refractivity (Wildman–Crippen MR) is 88.1 cm³/mol. The molecule has 1 unspecified atom stereocenters. The Morgan fingerprint density at radius 3 is 2.63 bits per heavy atom. The van der Waals surface area contributed by atoms with Crippen molar-refractivity contribution in [3.63, 3.8) is 0 Å². The fourth-order valence-electron chi connectivity index (χ4n) is 2.50. The molecule has 0 heterocycles. The lowest BCUT2D eigenvalue weighted by molar-refractivity contribution is 0.226. The van der Waals surface area contributed by atoms with Crippen LogP contribution in [0.25, 0.3) is 0 Å². The SMILES string of the molecule is CCCCCCC(C=CC1=CCCC1)O[Si](C)(C)C. The third-order valence-corrected chi connectivity index (χ3v) is 4.46. The van der Waals surface area contributed by atoms with Crippen molar-refractivity contribution in [2.75, 3.05) is 0 Å². The van der Waals surface area contributed by atoms with E-state index in [9.17, 15) is 0 Å². The first-order chi connectivity index (χ1) is 9.01. The van der Waals surface area contributed by atoms with E-state index in [1.165, 1.54) is 56.9 Å². The molecule has 19 heavy (non-hydrogen) atoms. The van der Waals surface area contributed by atoms with E-state index in [0.717, 1.165) is 0 Å². The molecule has 0 bridgehead atoms. The largest absolute Gasteiger partial charge is 0.411 e. The van der Waals surface area contributed by atoms with Crippen LogP contribution in [0.15, 0.2) is 23.8 Å². The summed E-state index contributed by atoms with van der Waals surface area (Å²) in [5, 5.41) is 0. The van der Waals surface area contributed by atoms with E-state index in [-0.39, 0.29) is 0 Å². The first-order valence-corrected chi connectivity index (χ1v) is 11.5. The van der Waals surface area contributed by atoms with Crippen LogP contribution in [-0.4, -0.2) is 14.4 Å². The van der Waals surface area contributed by atoms with Crippen LogP contribution in [0, 0.1) is 0 Å². The minimum atomic E-state index is -1.44. The average Bonchev–Trinajstić information content (AvgIpc) is 2.82. The minimum absolute atomic E-state index is 0.338. The molecule has 0 fully saturated rings. The quantitative estimate of drug-likeness (QED) is 0.380. The third kappa shape index (κ3) is 8.43. The van der Waals surface area contributed by atoms with E-state index < -0.39 is 8.32 Å². The Labute approximate surface area is 121 Å². The monoisotopic (exact) mass is 280 g/mol. The maximum absolute atomic E-state index is 6.30. The van der Waals surface area contributed by atoms with Gasteiger partial charge in [-0.15, -0.1) is 0 Å². The molecule has 0 aromatic rings. The molecular weight excluding hydrogens is 248 g/mol. The fourth-order valence-corrected chi connectivity index (χ4v) is 3.60. The molecule has 1 atom stereocenters. The summed E-state index contributed by atoms with van der Waals surface area (Å²) in [5.74, 6) is 0. The van der Waals surface area contributed by atoms with Gasteiger partial charge < -0.3 is 4.43 Å². The zero-order chi connectivity index (χ0) is 14.1. The highest BCUT2D eigenvalue weighted by molar-refractivity contribution is 6.69. The van der Waals surface area contributed by atoms with Gasteiger partial charge in [-0.2, -0.15) is 0 Å².